The van der Waals surface area contributed by atoms with Gasteiger partial charge in [-0.3, -0.25) is 0 Å². The molecule has 1 aromatic carbocycles. The molecule has 0 spiro atoms. The van der Waals surface area contributed by atoms with Crippen LogP contribution >= 0.6 is 0 Å². The first-order chi connectivity index (χ1) is 17.6. The smallest absolute Gasteiger partial charge is 0.119 e. The molecule has 0 heterocycles. The van der Waals surface area contributed by atoms with Crippen molar-refractivity contribution in [3.63, 3.8) is 0 Å². The van der Waals surface area contributed by atoms with Crippen LogP contribution in [0.5, 0.6) is 5.75 Å². The first-order valence-corrected chi connectivity index (χ1v) is 14.5. The van der Waals surface area contributed by atoms with Gasteiger partial charge in [-0.25, -0.2) is 0 Å². The maximum Gasteiger partial charge on any atom is 0.119 e. The molecule has 37 heavy (non-hydrogen) atoms. The van der Waals surface area contributed by atoms with Crippen LogP contribution in [0.15, 0.2) is 59.7 Å². The molecule has 0 radical (unpaired) electrons. The van der Waals surface area contributed by atoms with Crippen LogP contribution in [0, 0.1) is 23.2 Å². The van der Waals surface area contributed by atoms with Gasteiger partial charge < -0.3 is 20.1 Å². The third-order valence-corrected chi connectivity index (χ3v) is 10.0. The fourth-order valence-corrected chi connectivity index (χ4v) is 7.56. The Morgan fingerprint density at radius 3 is 2.68 bits per heavy atom. The lowest BCUT2D eigenvalue weighted by Crippen LogP contribution is -2.37. The average Bonchev–Trinajstić information content (AvgIpc) is 3.25. The zero-order valence-corrected chi connectivity index (χ0v) is 23.4. The average molecular weight is 509 g/mol. The number of ether oxygens (including phenoxy) is 1. The SMILES string of the molecule is C=C1/C(=C\C=C2/CCC[C@@]3(C)C2CCC3[C@@H](C)COc2cccc(C(O)(CC)CC)c2)C[C@@H](O)C[C@@H]1O. The van der Waals surface area contributed by atoms with Gasteiger partial charge in [0.05, 0.1) is 24.4 Å². The number of fused-ring (bicyclic) bond motifs is 1. The topological polar surface area (TPSA) is 69.9 Å². The van der Waals surface area contributed by atoms with Crippen molar-refractivity contribution in [2.24, 2.45) is 23.2 Å². The van der Waals surface area contributed by atoms with Crippen LogP contribution in [0.25, 0.3) is 0 Å². The molecule has 4 heteroatoms. The number of allylic oxidation sites excluding steroid dienone is 3. The summed E-state index contributed by atoms with van der Waals surface area (Å²) in [6, 6.07) is 8.01. The van der Waals surface area contributed by atoms with Crippen molar-refractivity contribution < 1.29 is 20.1 Å². The Bertz CT molecular complexity index is 1020. The fraction of sp³-hybridized carbons (Fsp3) is 0.636. The van der Waals surface area contributed by atoms with Gasteiger partial charge >= 0.3 is 0 Å². The molecule has 3 saturated carbocycles. The van der Waals surface area contributed by atoms with Gasteiger partial charge in [0.2, 0.25) is 0 Å². The third-order valence-electron chi connectivity index (χ3n) is 10.0. The number of aliphatic hydroxyl groups excluding tert-OH is 2. The van der Waals surface area contributed by atoms with E-state index in [0.29, 0.717) is 50.0 Å². The van der Waals surface area contributed by atoms with Crippen LogP contribution in [0.2, 0.25) is 0 Å². The van der Waals surface area contributed by atoms with E-state index in [9.17, 15) is 15.3 Å². The van der Waals surface area contributed by atoms with Gasteiger partial charge in [-0.05, 0) is 103 Å². The zero-order chi connectivity index (χ0) is 26.8. The predicted octanol–water partition coefficient (Wildman–Crippen LogP) is 6.85. The number of aliphatic hydroxyl groups is 3. The number of benzene rings is 1. The third kappa shape index (κ3) is 5.77. The van der Waals surface area contributed by atoms with Crippen molar-refractivity contribution in [1.29, 1.82) is 0 Å². The van der Waals surface area contributed by atoms with E-state index < -0.39 is 17.8 Å². The van der Waals surface area contributed by atoms with Crippen LogP contribution in [-0.2, 0) is 5.60 Å². The molecule has 0 aromatic heterocycles. The summed E-state index contributed by atoms with van der Waals surface area (Å²) in [5.74, 6) is 2.46. The number of hydrogen-bond donors (Lipinski definition) is 3. The first kappa shape index (κ1) is 28.1. The maximum atomic E-state index is 10.9. The Labute approximate surface area is 224 Å². The molecule has 3 aliphatic carbocycles. The van der Waals surface area contributed by atoms with Crippen LogP contribution in [0.3, 0.4) is 0 Å². The highest BCUT2D eigenvalue weighted by Crippen LogP contribution is 2.59. The minimum Gasteiger partial charge on any atom is -0.493 e. The van der Waals surface area contributed by atoms with E-state index in [2.05, 4.69) is 32.6 Å². The maximum absolute atomic E-state index is 10.9. The van der Waals surface area contributed by atoms with Gasteiger partial charge in [-0.2, -0.15) is 0 Å². The van der Waals surface area contributed by atoms with Crippen molar-refractivity contribution in [3.8, 4) is 5.75 Å². The summed E-state index contributed by atoms with van der Waals surface area (Å²) in [4.78, 5) is 0. The van der Waals surface area contributed by atoms with Crippen LogP contribution < -0.4 is 4.74 Å². The highest BCUT2D eigenvalue weighted by Gasteiger charge is 2.50. The molecule has 0 aliphatic heterocycles. The molecular weight excluding hydrogens is 460 g/mol. The lowest BCUT2D eigenvalue weighted by molar-refractivity contribution is 0.0280. The molecule has 6 atom stereocenters. The van der Waals surface area contributed by atoms with Gasteiger partial charge in [0.25, 0.3) is 0 Å². The molecule has 2 unspecified atom stereocenters. The summed E-state index contributed by atoms with van der Waals surface area (Å²) in [7, 11) is 0. The molecule has 204 valence electrons. The van der Waals surface area contributed by atoms with Crippen molar-refractivity contribution >= 4 is 0 Å². The van der Waals surface area contributed by atoms with Crippen LogP contribution in [0.1, 0.15) is 91.0 Å². The van der Waals surface area contributed by atoms with Gasteiger partial charge in [0.1, 0.15) is 5.75 Å². The second-order valence-electron chi connectivity index (χ2n) is 12.2. The highest BCUT2D eigenvalue weighted by molar-refractivity contribution is 5.39. The summed E-state index contributed by atoms with van der Waals surface area (Å²) in [5, 5.41) is 31.3. The van der Waals surface area contributed by atoms with Gasteiger partial charge in [0, 0.05) is 6.42 Å². The van der Waals surface area contributed by atoms with Crippen molar-refractivity contribution in [2.45, 2.75) is 103 Å². The predicted molar refractivity (Wildman–Crippen MR) is 150 cm³/mol. The molecular formula is C33H48O4. The molecule has 3 fully saturated rings. The lowest BCUT2D eigenvalue weighted by Gasteiger charge is -2.44. The molecule has 3 N–H and O–H groups in total. The molecule has 0 bridgehead atoms. The van der Waals surface area contributed by atoms with E-state index in [1.54, 1.807) is 0 Å². The second-order valence-corrected chi connectivity index (χ2v) is 12.2. The normalized spacial score (nSPS) is 33.5. The van der Waals surface area contributed by atoms with E-state index in [4.69, 9.17) is 4.74 Å². The lowest BCUT2D eigenvalue weighted by atomic mass is 9.61. The molecule has 3 aliphatic rings. The Hall–Kier alpha value is -1.88. The van der Waals surface area contributed by atoms with E-state index in [1.165, 1.54) is 31.3 Å². The number of rotatable bonds is 8. The molecule has 4 nitrogen and oxygen atoms in total. The Balaban J connectivity index is 1.44. The minimum absolute atomic E-state index is 0.264. The fourth-order valence-electron chi connectivity index (χ4n) is 7.56. The summed E-state index contributed by atoms with van der Waals surface area (Å²) >= 11 is 0. The van der Waals surface area contributed by atoms with Gasteiger partial charge in [-0.15, -0.1) is 0 Å². The Morgan fingerprint density at radius 1 is 1.19 bits per heavy atom. The van der Waals surface area contributed by atoms with E-state index in [0.717, 1.165) is 28.9 Å². The molecule has 1 aromatic rings. The second kappa shape index (κ2) is 11.5. The molecule has 4 rings (SSSR count). The van der Waals surface area contributed by atoms with E-state index in [1.807, 2.05) is 38.1 Å². The standard InChI is InChI=1S/C33H48O4/c1-6-33(36,7-2)26-11-8-12-28(19-26)37-21-22(3)29-15-16-30-24(10-9-17-32(29,30)5)13-14-25-18-27(34)20-31(35)23(25)4/h8,11-14,19,22,27,29-31,34-36H,4,6-7,9-10,15-18,20-21H2,1-3,5H3/b24-13+,25-14-/t22-,27+,29?,30?,31-,32+/m0/s1. The molecule has 0 amide bonds. The summed E-state index contributed by atoms with van der Waals surface area (Å²) < 4.78 is 6.32. The van der Waals surface area contributed by atoms with E-state index in [-0.39, 0.29) is 5.41 Å². The summed E-state index contributed by atoms with van der Waals surface area (Å²) in [5.41, 5.74) is 3.68. The van der Waals surface area contributed by atoms with Gasteiger partial charge in [-0.1, -0.05) is 64.1 Å². The minimum atomic E-state index is -0.794. The molecule has 0 saturated heterocycles. The summed E-state index contributed by atoms with van der Waals surface area (Å²) in [6.07, 6.45) is 11.6. The largest absolute Gasteiger partial charge is 0.493 e. The van der Waals surface area contributed by atoms with Crippen molar-refractivity contribution in [2.75, 3.05) is 6.61 Å². The summed E-state index contributed by atoms with van der Waals surface area (Å²) in [6.45, 7) is 13.6. The quantitative estimate of drug-likeness (QED) is 0.359. The van der Waals surface area contributed by atoms with E-state index >= 15 is 0 Å². The number of hydrogen-bond acceptors (Lipinski definition) is 4. The van der Waals surface area contributed by atoms with Crippen molar-refractivity contribution in [1.82, 2.24) is 0 Å². The van der Waals surface area contributed by atoms with Crippen LogP contribution in [0.4, 0.5) is 0 Å². The first-order valence-electron chi connectivity index (χ1n) is 14.5. The zero-order valence-electron chi connectivity index (χ0n) is 23.4. The highest BCUT2D eigenvalue weighted by atomic mass is 16.5. The van der Waals surface area contributed by atoms with Crippen LogP contribution in [-0.4, -0.2) is 34.1 Å². The van der Waals surface area contributed by atoms with Gasteiger partial charge in [0.15, 0.2) is 0 Å². The van der Waals surface area contributed by atoms with Crippen molar-refractivity contribution in [3.05, 3.63) is 65.3 Å². The Morgan fingerprint density at radius 2 is 1.95 bits per heavy atom. The monoisotopic (exact) mass is 508 g/mol. The Kier molecular flexibility index (Phi) is 8.72.